The zero-order valence-electron chi connectivity index (χ0n) is 14.2. The van der Waals surface area contributed by atoms with Crippen molar-refractivity contribution in [1.29, 1.82) is 0 Å². The normalized spacial score (nSPS) is 14.3. The third kappa shape index (κ3) is 4.21. The summed E-state index contributed by atoms with van der Waals surface area (Å²) in [7, 11) is 0. The third-order valence-corrected chi connectivity index (χ3v) is 3.89. The molecule has 0 spiro atoms. The molecule has 2 heterocycles. The van der Waals surface area contributed by atoms with Crippen molar-refractivity contribution in [2.24, 2.45) is 0 Å². The number of benzene rings is 1. The van der Waals surface area contributed by atoms with Gasteiger partial charge in [-0.15, -0.1) is 0 Å². The van der Waals surface area contributed by atoms with Gasteiger partial charge in [-0.25, -0.2) is 19.2 Å². The van der Waals surface area contributed by atoms with E-state index in [2.05, 4.69) is 25.5 Å². The van der Waals surface area contributed by atoms with Crippen molar-refractivity contribution in [3.05, 3.63) is 41.5 Å². The SMILES string of the molecule is Cc1nc(N2CCOCC2)nc(C)c1NC(=O)Nc1ccc(F)cc1. The molecule has 1 aliphatic heterocycles. The highest BCUT2D eigenvalue weighted by Crippen LogP contribution is 2.21. The second-order valence-corrected chi connectivity index (χ2v) is 5.75. The van der Waals surface area contributed by atoms with Crippen LogP contribution in [0.1, 0.15) is 11.4 Å². The van der Waals surface area contributed by atoms with Crippen molar-refractivity contribution >= 4 is 23.4 Å². The van der Waals surface area contributed by atoms with Crippen LogP contribution in [0.4, 0.5) is 26.5 Å². The van der Waals surface area contributed by atoms with Gasteiger partial charge in [-0.05, 0) is 38.1 Å². The van der Waals surface area contributed by atoms with Crippen LogP contribution in [0, 0.1) is 19.7 Å². The number of anilines is 3. The van der Waals surface area contributed by atoms with Crippen molar-refractivity contribution in [1.82, 2.24) is 9.97 Å². The van der Waals surface area contributed by atoms with Gasteiger partial charge in [0.05, 0.1) is 30.3 Å². The average molecular weight is 345 g/mol. The molecule has 0 saturated carbocycles. The molecule has 1 fully saturated rings. The first kappa shape index (κ1) is 17.1. The van der Waals surface area contributed by atoms with Gasteiger partial charge in [0.1, 0.15) is 5.82 Å². The summed E-state index contributed by atoms with van der Waals surface area (Å²) in [5, 5.41) is 5.41. The number of carbonyl (C=O) groups is 1. The predicted molar refractivity (Wildman–Crippen MR) is 93.6 cm³/mol. The number of nitrogens with zero attached hydrogens (tertiary/aromatic N) is 3. The van der Waals surface area contributed by atoms with E-state index < -0.39 is 6.03 Å². The molecule has 2 aromatic rings. The summed E-state index contributed by atoms with van der Waals surface area (Å²) < 4.78 is 18.2. The highest BCUT2D eigenvalue weighted by Gasteiger charge is 2.17. The Labute approximate surface area is 145 Å². The van der Waals surface area contributed by atoms with E-state index in [1.165, 1.54) is 24.3 Å². The van der Waals surface area contributed by atoms with Gasteiger partial charge in [0.2, 0.25) is 5.95 Å². The number of aryl methyl sites for hydroxylation is 2. The van der Waals surface area contributed by atoms with Crippen molar-refractivity contribution < 1.29 is 13.9 Å². The van der Waals surface area contributed by atoms with Crippen molar-refractivity contribution in [2.75, 3.05) is 41.8 Å². The van der Waals surface area contributed by atoms with E-state index in [0.717, 1.165) is 13.1 Å². The summed E-state index contributed by atoms with van der Waals surface area (Å²) in [5.41, 5.74) is 2.43. The molecule has 3 rings (SSSR count). The Morgan fingerprint density at radius 3 is 2.28 bits per heavy atom. The average Bonchev–Trinajstić information content (AvgIpc) is 2.61. The van der Waals surface area contributed by atoms with Crippen molar-refractivity contribution in [2.45, 2.75) is 13.8 Å². The predicted octanol–water partition coefficient (Wildman–Crippen LogP) is 2.71. The smallest absolute Gasteiger partial charge is 0.323 e. The van der Waals surface area contributed by atoms with Gasteiger partial charge in [0, 0.05) is 18.8 Å². The third-order valence-electron chi connectivity index (χ3n) is 3.89. The molecule has 0 radical (unpaired) electrons. The number of amides is 2. The number of hydrogen-bond acceptors (Lipinski definition) is 5. The van der Waals surface area contributed by atoms with E-state index in [4.69, 9.17) is 4.74 Å². The monoisotopic (exact) mass is 345 g/mol. The second-order valence-electron chi connectivity index (χ2n) is 5.75. The molecular formula is C17H20FN5O2. The summed E-state index contributed by atoms with van der Waals surface area (Å²) in [5.74, 6) is 0.285. The number of nitrogens with one attached hydrogen (secondary N) is 2. The van der Waals surface area contributed by atoms with E-state index in [-0.39, 0.29) is 5.82 Å². The molecule has 7 nitrogen and oxygen atoms in total. The Hall–Kier alpha value is -2.74. The number of morpholine rings is 1. The summed E-state index contributed by atoms with van der Waals surface area (Å²) >= 11 is 0. The first-order chi connectivity index (χ1) is 12.0. The molecule has 0 atom stereocenters. The molecule has 1 saturated heterocycles. The maximum absolute atomic E-state index is 12.9. The van der Waals surface area contributed by atoms with Gasteiger partial charge in [-0.3, -0.25) is 0 Å². The molecule has 1 aromatic carbocycles. The van der Waals surface area contributed by atoms with E-state index in [0.29, 0.717) is 41.9 Å². The molecule has 0 unspecified atom stereocenters. The molecule has 2 amide bonds. The Balaban J connectivity index is 1.71. The van der Waals surface area contributed by atoms with Gasteiger partial charge >= 0.3 is 6.03 Å². The summed E-state index contributed by atoms with van der Waals surface area (Å²) in [6, 6.07) is 5.12. The number of hydrogen-bond donors (Lipinski definition) is 2. The van der Waals surface area contributed by atoms with E-state index in [1.807, 2.05) is 13.8 Å². The lowest BCUT2D eigenvalue weighted by Gasteiger charge is -2.27. The Kier molecular flexibility index (Phi) is 5.08. The fourth-order valence-electron chi connectivity index (χ4n) is 2.59. The quantitative estimate of drug-likeness (QED) is 0.894. The first-order valence-electron chi connectivity index (χ1n) is 8.04. The van der Waals surface area contributed by atoms with E-state index in [9.17, 15) is 9.18 Å². The van der Waals surface area contributed by atoms with Crippen molar-refractivity contribution in [3.63, 3.8) is 0 Å². The zero-order valence-corrected chi connectivity index (χ0v) is 14.2. The zero-order chi connectivity index (χ0) is 17.8. The maximum Gasteiger partial charge on any atom is 0.323 e. The highest BCUT2D eigenvalue weighted by atomic mass is 19.1. The van der Waals surface area contributed by atoms with Crippen LogP contribution in [0.3, 0.4) is 0 Å². The highest BCUT2D eigenvalue weighted by molar-refractivity contribution is 6.00. The number of urea groups is 1. The molecular weight excluding hydrogens is 325 g/mol. The van der Waals surface area contributed by atoms with Gasteiger partial charge < -0.3 is 20.3 Å². The largest absolute Gasteiger partial charge is 0.378 e. The standard InChI is InChI=1S/C17H20FN5O2/c1-11-15(22-17(24)21-14-5-3-13(18)4-6-14)12(2)20-16(19-11)23-7-9-25-10-8-23/h3-6H,7-10H2,1-2H3,(H2,21,22,24). The lowest BCUT2D eigenvalue weighted by atomic mass is 10.3. The van der Waals surface area contributed by atoms with Gasteiger partial charge in [-0.2, -0.15) is 0 Å². The fourth-order valence-corrected chi connectivity index (χ4v) is 2.59. The van der Waals surface area contributed by atoms with Crippen molar-refractivity contribution in [3.8, 4) is 0 Å². The van der Waals surface area contributed by atoms with Crippen LogP contribution >= 0.6 is 0 Å². The Morgan fingerprint density at radius 2 is 1.68 bits per heavy atom. The minimum Gasteiger partial charge on any atom is -0.378 e. The molecule has 1 aromatic heterocycles. The van der Waals surface area contributed by atoms with Gasteiger partial charge in [0.25, 0.3) is 0 Å². The second kappa shape index (κ2) is 7.43. The van der Waals surface area contributed by atoms with Crippen LogP contribution in [0.25, 0.3) is 0 Å². The Bertz CT molecular complexity index is 737. The number of ether oxygens (including phenoxy) is 1. The number of carbonyl (C=O) groups excluding carboxylic acids is 1. The van der Waals surface area contributed by atoms with Crippen LogP contribution in [-0.2, 0) is 4.74 Å². The van der Waals surface area contributed by atoms with Crippen LogP contribution < -0.4 is 15.5 Å². The topological polar surface area (TPSA) is 79.4 Å². The lowest BCUT2D eigenvalue weighted by Crippen LogP contribution is -2.37. The summed E-state index contributed by atoms with van der Waals surface area (Å²) in [6.07, 6.45) is 0. The first-order valence-corrected chi connectivity index (χ1v) is 8.04. The summed E-state index contributed by atoms with van der Waals surface area (Å²) in [6.45, 7) is 6.45. The molecule has 0 aliphatic carbocycles. The number of aromatic nitrogens is 2. The molecule has 0 bridgehead atoms. The molecule has 8 heteroatoms. The number of halogens is 1. The fraction of sp³-hybridized carbons (Fsp3) is 0.353. The number of rotatable bonds is 3. The Morgan fingerprint density at radius 1 is 1.08 bits per heavy atom. The molecule has 1 aliphatic rings. The van der Waals surface area contributed by atoms with Crippen LogP contribution in [-0.4, -0.2) is 42.3 Å². The van der Waals surface area contributed by atoms with E-state index in [1.54, 1.807) is 0 Å². The summed E-state index contributed by atoms with van der Waals surface area (Å²) in [4.78, 5) is 23.2. The van der Waals surface area contributed by atoms with Crippen LogP contribution in [0.5, 0.6) is 0 Å². The van der Waals surface area contributed by atoms with E-state index >= 15 is 0 Å². The minimum atomic E-state index is -0.430. The maximum atomic E-state index is 12.9. The minimum absolute atomic E-state index is 0.357. The van der Waals surface area contributed by atoms with Gasteiger partial charge in [-0.1, -0.05) is 0 Å². The lowest BCUT2D eigenvalue weighted by molar-refractivity contribution is 0.122. The van der Waals surface area contributed by atoms with Gasteiger partial charge in [0.15, 0.2) is 0 Å². The molecule has 132 valence electrons. The molecule has 25 heavy (non-hydrogen) atoms. The van der Waals surface area contributed by atoms with Crippen LogP contribution in [0.15, 0.2) is 24.3 Å². The molecule has 2 N–H and O–H groups in total. The van der Waals surface area contributed by atoms with Crippen LogP contribution in [0.2, 0.25) is 0 Å².